The number of nitrogens with zero attached hydrogens (tertiary/aromatic N) is 2. The van der Waals surface area contributed by atoms with E-state index in [1.165, 1.54) is 11.8 Å². The first-order valence-electron chi connectivity index (χ1n) is 7.33. The van der Waals surface area contributed by atoms with Crippen LogP contribution in [0.3, 0.4) is 0 Å². The summed E-state index contributed by atoms with van der Waals surface area (Å²) in [7, 11) is 1.32. The number of nitrogens with one attached hydrogen (secondary N) is 2. The third kappa shape index (κ3) is 2.91. The van der Waals surface area contributed by atoms with Crippen molar-refractivity contribution < 1.29 is 9.53 Å². The fourth-order valence-electron chi connectivity index (χ4n) is 2.39. The van der Waals surface area contributed by atoms with Crippen LogP contribution in [0.4, 0.5) is 5.82 Å². The molecule has 4 N–H and O–H groups in total. The topological polar surface area (TPSA) is 106 Å². The third-order valence-corrected chi connectivity index (χ3v) is 3.63. The van der Waals surface area contributed by atoms with Crippen LogP contribution in [0.25, 0.3) is 11.0 Å². The number of benzene rings is 2. The number of anilines is 1. The largest absolute Gasteiger partial charge is 0.465 e. The number of hydrogen-bond acceptors (Lipinski definition) is 6. The molecule has 3 rings (SSSR count). The second-order valence-electron chi connectivity index (χ2n) is 5.20. The number of nitrogen functional groups attached to an aromatic ring is 1. The molecule has 0 radical (unpaired) electrons. The Kier molecular flexibility index (Phi) is 4.15. The Morgan fingerprint density at radius 3 is 2.75 bits per heavy atom. The second kappa shape index (κ2) is 6.41. The van der Waals surface area contributed by atoms with Crippen LogP contribution in [0, 0.1) is 5.41 Å². The molecule has 24 heavy (non-hydrogen) atoms. The van der Waals surface area contributed by atoms with Gasteiger partial charge in [0.15, 0.2) is 11.3 Å². The Labute approximate surface area is 138 Å². The van der Waals surface area contributed by atoms with Crippen LogP contribution in [0.5, 0.6) is 0 Å². The van der Waals surface area contributed by atoms with Gasteiger partial charge in [0.2, 0.25) is 0 Å². The Morgan fingerprint density at radius 2 is 2.04 bits per heavy atom. The molecule has 0 amide bonds. The zero-order chi connectivity index (χ0) is 17.1. The number of ether oxygens (including phenoxy) is 1. The molecule has 0 bridgehead atoms. The molecule has 2 aromatic carbocycles. The lowest BCUT2D eigenvalue weighted by Crippen LogP contribution is -2.32. The van der Waals surface area contributed by atoms with Gasteiger partial charge in [0.25, 0.3) is 0 Å². The molecular weight excluding hydrogens is 306 g/mol. The number of carbonyl (C=O) groups is 1. The first-order valence-corrected chi connectivity index (χ1v) is 7.33. The molecule has 0 aliphatic rings. The van der Waals surface area contributed by atoms with Gasteiger partial charge in [-0.15, -0.1) is 0 Å². The minimum Gasteiger partial charge on any atom is -0.465 e. The first-order chi connectivity index (χ1) is 11.6. The highest BCUT2D eigenvalue weighted by molar-refractivity contribution is 5.93. The van der Waals surface area contributed by atoms with E-state index in [4.69, 9.17) is 15.9 Å². The van der Waals surface area contributed by atoms with Crippen molar-refractivity contribution in [2.24, 2.45) is 0 Å². The van der Waals surface area contributed by atoms with Crippen molar-refractivity contribution in [3.63, 3.8) is 0 Å². The van der Waals surface area contributed by atoms with Gasteiger partial charge < -0.3 is 15.9 Å². The standard InChI is InChI=1S/C17H17N5O2/c1-24-17(23)12-7-8-13-14(9-12)22(16(19)15(18)21-13)20-10-11-5-3-2-4-6-11/h2-9,19-20H,10H2,1H3,(H2,18,21). The maximum atomic E-state index is 11.8. The van der Waals surface area contributed by atoms with Gasteiger partial charge in [0, 0.05) is 0 Å². The summed E-state index contributed by atoms with van der Waals surface area (Å²) < 4.78 is 6.27. The van der Waals surface area contributed by atoms with Gasteiger partial charge in [-0.05, 0) is 23.8 Å². The SMILES string of the molecule is COC(=O)c1ccc2nc(N)c(=N)n(NCc3ccccc3)c2c1. The fraction of sp³-hybridized carbons (Fsp3) is 0.118. The Hall–Kier alpha value is -3.35. The quantitative estimate of drug-likeness (QED) is 0.633. The molecule has 0 saturated carbocycles. The number of fused-ring (bicyclic) bond motifs is 1. The molecule has 122 valence electrons. The zero-order valence-electron chi connectivity index (χ0n) is 13.1. The number of methoxy groups -OCH3 is 1. The Balaban J connectivity index is 2.07. The minimum atomic E-state index is -0.449. The predicted octanol–water partition coefficient (Wildman–Crippen LogP) is 1.63. The van der Waals surface area contributed by atoms with Gasteiger partial charge >= 0.3 is 5.97 Å². The minimum absolute atomic E-state index is 0.0282. The molecule has 0 aliphatic heterocycles. The summed E-state index contributed by atoms with van der Waals surface area (Å²) in [5, 5.41) is 8.16. The van der Waals surface area contributed by atoms with Crippen LogP contribution >= 0.6 is 0 Å². The molecule has 0 aliphatic carbocycles. The van der Waals surface area contributed by atoms with E-state index >= 15 is 0 Å². The molecule has 0 spiro atoms. The summed E-state index contributed by atoms with van der Waals surface area (Å²) in [6, 6.07) is 14.7. The van der Waals surface area contributed by atoms with E-state index in [0.717, 1.165) is 5.56 Å². The lowest BCUT2D eigenvalue weighted by Gasteiger charge is -2.15. The number of esters is 1. The van der Waals surface area contributed by atoms with Crippen LogP contribution in [0.15, 0.2) is 48.5 Å². The number of carbonyl (C=O) groups excluding carboxylic acids is 1. The summed E-state index contributed by atoms with van der Waals surface area (Å²) in [4.78, 5) is 16.0. The van der Waals surface area contributed by atoms with Crippen molar-refractivity contribution in [3.8, 4) is 0 Å². The van der Waals surface area contributed by atoms with E-state index in [0.29, 0.717) is 23.1 Å². The highest BCUT2D eigenvalue weighted by Gasteiger charge is 2.11. The van der Waals surface area contributed by atoms with Gasteiger partial charge in [-0.2, -0.15) is 0 Å². The number of aromatic nitrogens is 2. The van der Waals surface area contributed by atoms with E-state index in [1.807, 2.05) is 30.3 Å². The predicted molar refractivity (Wildman–Crippen MR) is 90.8 cm³/mol. The smallest absolute Gasteiger partial charge is 0.337 e. The van der Waals surface area contributed by atoms with Crippen molar-refractivity contribution in [3.05, 3.63) is 65.1 Å². The summed E-state index contributed by atoms with van der Waals surface area (Å²) in [6.07, 6.45) is 0. The van der Waals surface area contributed by atoms with Gasteiger partial charge in [-0.25, -0.2) is 14.5 Å². The van der Waals surface area contributed by atoms with Gasteiger partial charge in [0.05, 0.1) is 30.3 Å². The van der Waals surface area contributed by atoms with Crippen LogP contribution in [0.2, 0.25) is 0 Å². The Bertz CT molecular complexity index is 950. The van der Waals surface area contributed by atoms with E-state index in [9.17, 15) is 4.79 Å². The van der Waals surface area contributed by atoms with Crippen molar-refractivity contribution in [1.82, 2.24) is 9.66 Å². The van der Waals surface area contributed by atoms with E-state index < -0.39 is 5.97 Å². The monoisotopic (exact) mass is 323 g/mol. The van der Waals surface area contributed by atoms with Crippen LogP contribution < -0.4 is 16.6 Å². The molecule has 0 saturated heterocycles. The molecular formula is C17H17N5O2. The maximum absolute atomic E-state index is 11.8. The molecule has 0 fully saturated rings. The van der Waals surface area contributed by atoms with E-state index in [2.05, 4.69) is 10.4 Å². The zero-order valence-corrected chi connectivity index (χ0v) is 13.1. The molecule has 7 heteroatoms. The lowest BCUT2D eigenvalue weighted by atomic mass is 10.2. The van der Waals surface area contributed by atoms with Crippen LogP contribution in [-0.2, 0) is 11.3 Å². The molecule has 1 heterocycles. The molecule has 0 atom stereocenters. The maximum Gasteiger partial charge on any atom is 0.337 e. The highest BCUT2D eigenvalue weighted by atomic mass is 16.5. The van der Waals surface area contributed by atoms with Crippen molar-refractivity contribution in [1.29, 1.82) is 5.41 Å². The summed E-state index contributed by atoms with van der Waals surface area (Å²) >= 11 is 0. The number of rotatable bonds is 4. The van der Waals surface area contributed by atoms with Gasteiger partial charge in [0.1, 0.15) is 0 Å². The summed E-state index contributed by atoms with van der Waals surface area (Å²) in [5.74, 6) is -0.344. The molecule has 7 nitrogen and oxygen atoms in total. The normalized spacial score (nSPS) is 10.5. The molecule has 3 aromatic rings. The van der Waals surface area contributed by atoms with Crippen LogP contribution in [0.1, 0.15) is 15.9 Å². The molecule has 1 aromatic heterocycles. The first kappa shape index (κ1) is 15.5. The van der Waals surface area contributed by atoms with Crippen molar-refractivity contribution in [2.45, 2.75) is 6.54 Å². The fourth-order valence-corrected chi connectivity index (χ4v) is 2.39. The average Bonchev–Trinajstić information content (AvgIpc) is 2.62. The highest BCUT2D eigenvalue weighted by Crippen LogP contribution is 2.14. The second-order valence-corrected chi connectivity index (χ2v) is 5.20. The van der Waals surface area contributed by atoms with Gasteiger partial charge in [-0.3, -0.25) is 5.41 Å². The van der Waals surface area contributed by atoms with Crippen molar-refractivity contribution in [2.75, 3.05) is 18.3 Å². The average molecular weight is 323 g/mol. The Morgan fingerprint density at radius 1 is 1.29 bits per heavy atom. The van der Waals surface area contributed by atoms with Crippen LogP contribution in [-0.4, -0.2) is 22.7 Å². The van der Waals surface area contributed by atoms with Gasteiger partial charge in [-0.1, -0.05) is 30.3 Å². The number of nitrogens with two attached hydrogens (primary N) is 1. The van der Waals surface area contributed by atoms with Crippen molar-refractivity contribution >= 4 is 22.8 Å². The lowest BCUT2D eigenvalue weighted by molar-refractivity contribution is 0.0601. The molecule has 0 unspecified atom stereocenters. The number of hydrogen-bond donors (Lipinski definition) is 3. The summed E-state index contributed by atoms with van der Waals surface area (Å²) in [6.45, 7) is 0.498. The van der Waals surface area contributed by atoms with E-state index in [1.54, 1.807) is 18.2 Å². The third-order valence-electron chi connectivity index (χ3n) is 3.63. The summed E-state index contributed by atoms with van der Waals surface area (Å²) in [5.41, 5.74) is 11.6. The van der Waals surface area contributed by atoms with E-state index in [-0.39, 0.29) is 11.3 Å².